The summed E-state index contributed by atoms with van der Waals surface area (Å²) in [5.41, 5.74) is 0.996. The van der Waals surface area contributed by atoms with Crippen LogP contribution in [0.1, 0.15) is 37.8 Å². The Kier molecular flexibility index (Phi) is 6.39. The number of nitrogens with one attached hydrogen (secondary N) is 1. The van der Waals surface area contributed by atoms with Crippen molar-refractivity contribution in [2.24, 2.45) is 0 Å². The van der Waals surface area contributed by atoms with Gasteiger partial charge in [0.25, 0.3) is 0 Å². The fraction of sp³-hybridized carbons (Fsp3) is 0.625. The third kappa shape index (κ3) is 5.42. The molecule has 1 atom stereocenters. The number of ether oxygens (including phenoxy) is 3. The van der Waals surface area contributed by atoms with E-state index in [1.54, 1.807) is 19.2 Å². The summed E-state index contributed by atoms with van der Waals surface area (Å²) in [7, 11) is 1.61. The molecule has 0 aromatic heterocycles. The Balaban J connectivity index is 2.04. The number of halogens is 2. The van der Waals surface area contributed by atoms with Crippen LogP contribution >= 0.6 is 0 Å². The first-order chi connectivity index (χ1) is 10.6. The van der Waals surface area contributed by atoms with Crippen molar-refractivity contribution in [1.29, 1.82) is 0 Å². The maximum absolute atomic E-state index is 12.5. The topological polar surface area (TPSA) is 39.7 Å². The fourth-order valence-electron chi connectivity index (χ4n) is 2.19. The lowest BCUT2D eigenvalue weighted by atomic mass is 10.1. The van der Waals surface area contributed by atoms with Gasteiger partial charge in [-0.2, -0.15) is 8.78 Å². The maximum Gasteiger partial charge on any atom is 0.387 e. The second kappa shape index (κ2) is 8.29. The number of rotatable bonds is 10. The highest BCUT2D eigenvalue weighted by atomic mass is 19.3. The number of hydrogen-bond acceptors (Lipinski definition) is 4. The number of hydrogen-bond donors (Lipinski definition) is 1. The van der Waals surface area contributed by atoms with Crippen molar-refractivity contribution in [2.45, 2.75) is 44.9 Å². The molecule has 4 nitrogen and oxygen atoms in total. The predicted octanol–water partition coefficient (Wildman–Crippen LogP) is 3.52. The molecule has 0 amide bonds. The molecule has 1 aromatic carbocycles. The van der Waals surface area contributed by atoms with E-state index in [1.165, 1.54) is 18.9 Å². The van der Waals surface area contributed by atoms with Crippen LogP contribution in [0.4, 0.5) is 8.78 Å². The molecule has 22 heavy (non-hydrogen) atoms. The largest absolute Gasteiger partial charge is 0.490 e. The SMILES string of the molecule is COCCCOc1cc(C(C)NC2CC2)ccc1OC(F)F. The molecule has 1 saturated carbocycles. The van der Waals surface area contributed by atoms with Crippen LogP contribution in [-0.2, 0) is 4.74 Å². The molecule has 0 saturated heterocycles. The van der Waals surface area contributed by atoms with E-state index in [9.17, 15) is 8.78 Å². The van der Waals surface area contributed by atoms with Crippen molar-refractivity contribution in [3.63, 3.8) is 0 Å². The van der Waals surface area contributed by atoms with Crippen LogP contribution in [0, 0.1) is 0 Å². The van der Waals surface area contributed by atoms with Crippen LogP contribution < -0.4 is 14.8 Å². The molecule has 0 aliphatic heterocycles. The molecule has 0 spiro atoms. The molecule has 1 aliphatic rings. The normalized spacial score (nSPS) is 15.9. The van der Waals surface area contributed by atoms with E-state index in [2.05, 4.69) is 17.0 Å². The Labute approximate surface area is 129 Å². The summed E-state index contributed by atoms with van der Waals surface area (Å²) in [6.45, 7) is 0.135. The van der Waals surface area contributed by atoms with Gasteiger partial charge in [-0.05, 0) is 37.5 Å². The van der Waals surface area contributed by atoms with E-state index in [4.69, 9.17) is 9.47 Å². The van der Waals surface area contributed by atoms with Crippen molar-refractivity contribution >= 4 is 0 Å². The highest BCUT2D eigenvalue weighted by Crippen LogP contribution is 2.33. The Morgan fingerprint density at radius 2 is 2.00 bits per heavy atom. The highest BCUT2D eigenvalue weighted by molar-refractivity contribution is 5.44. The van der Waals surface area contributed by atoms with Crippen molar-refractivity contribution in [3.05, 3.63) is 23.8 Å². The molecule has 1 aliphatic carbocycles. The average Bonchev–Trinajstić information content (AvgIpc) is 3.28. The van der Waals surface area contributed by atoms with Gasteiger partial charge in [0.05, 0.1) is 6.61 Å². The molecule has 1 N–H and O–H groups in total. The Morgan fingerprint density at radius 3 is 2.64 bits per heavy atom. The second-order valence-electron chi connectivity index (χ2n) is 5.44. The molecule has 0 heterocycles. The lowest BCUT2D eigenvalue weighted by Gasteiger charge is -2.17. The van der Waals surface area contributed by atoms with Crippen molar-refractivity contribution in [2.75, 3.05) is 20.3 Å². The summed E-state index contributed by atoms with van der Waals surface area (Å²) in [4.78, 5) is 0. The standard InChI is InChI=1S/C16H23F2NO3/c1-11(19-13-5-6-13)12-4-7-14(22-16(17)18)15(10-12)21-9-3-8-20-2/h4,7,10-11,13,16,19H,3,5-6,8-9H2,1-2H3. The molecule has 1 fully saturated rings. The molecule has 6 heteroatoms. The monoisotopic (exact) mass is 315 g/mol. The van der Waals surface area contributed by atoms with Gasteiger partial charge in [0.1, 0.15) is 0 Å². The summed E-state index contributed by atoms with van der Waals surface area (Å²) >= 11 is 0. The van der Waals surface area contributed by atoms with Gasteiger partial charge in [0.15, 0.2) is 11.5 Å². The van der Waals surface area contributed by atoms with Gasteiger partial charge in [-0.3, -0.25) is 0 Å². The van der Waals surface area contributed by atoms with Crippen LogP contribution in [0.25, 0.3) is 0 Å². The van der Waals surface area contributed by atoms with E-state index in [-0.39, 0.29) is 11.8 Å². The smallest absolute Gasteiger partial charge is 0.387 e. The van der Waals surface area contributed by atoms with Crippen LogP contribution in [0.3, 0.4) is 0 Å². The molecule has 1 unspecified atom stereocenters. The molecular weight excluding hydrogens is 292 g/mol. The molecule has 0 radical (unpaired) electrons. The van der Waals surface area contributed by atoms with Gasteiger partial charge in [-0.25, -0.2) is 0 Å². The first kappa shape index (κ1) is 17.0. The van der Waals surface area contributed by atoms with E-state index in [1.807, 2.05) is 0 Å². The lowest BCUT2D eigenvalue weighted by Crippen LogP contribution is -2.20. The summed E-state index contributed by atoms with van der Waals surface area (Å²) in [5.74, 6) is 0.410. The van der Waals surface area contributed by atoms with Crippen LogP contribution in [0.2, 0.25) is 0 Å². The summed E-state index contributed by atoms with van der Waals surface area (Å²) in [5, 5.41) is 3.47. The van der Waals surface area contributed by atoms with Gasteiger partial charge in [-0.1, -0.05) is 6.07 Å². The molecule has 2 rings (SSSR count). The lowest BCUT2D eigenvalue weighted by molar-refractivity contribution is -0.0515. The number of benzene rings is 1. The molecule has 124 valence electrons. The Morgan fingerprint density at radius 1 is 1.23 bits per heavy atom. The average molecular weight is 315 g/mol. The van der Waals surface area contributed by atoms with Crippen LogP contribution in [0.5, 0.6) is 11.5 Å². The highest BCUT2D eigenvalue weighted by Gasteiger charge is 2.24. The zero-order chi connectivity index (χ0) is 15.9. The van der Waals surface area contributed by atoms with E-state index >= 15 is 0 Å². The summed E-state index contributed by atoms with van der Waals surface area (Å²) in [6, 6.07) is 5.82. The fourth-order valence-corrected chi connectivity index (χ4v) is 2.19. The molecular formula is C16H23F2NO3. The minimum atomic E-state index is -2.87. The van der Waals surface area contributed by atoms with Crippen molar-refractivity contribution < 1.29 is 23.0 Å². The van der Waals surface area contributed by atoms with Crippen molar-refractivity contribution in [3.8, 4) is 11.5 Å². The van der Waals surface area contributed by atoms with Gasteiger partial charge in [-0.15, -0.1) is 0 Å². The minimum absolute atomic E-state index is 0.0646. The maximum atomic E-state index is 12.5. The summed E-state index contributed by atoms with van der Waals surface area (Å²) < 4.78 is 40.0. The van der Waals surface area contributed by atoms with Gasteiger partial charge in [0, 0.05) is 32.2 Å². The number of methoxy groups -OCH3 is 1. The van der Waals surface area contributed by atoms with E-state index < -0.39 is 6.61 Å². The minimum Gasteiger partial charge on any atom is -0.490 e. The van der Waals surface area contributed by atoms with Crippen molar-refractivity contribution in [1.82, 2.24) is 5.32 Å². The first-order valence-corrected chi connectivity index (χ1v) is 7.56. The zero-order valence-corrected chi connectivity index (χ0v) is 13.0. The van der Waals surface area contributed by atoms with Gasteiger partial charge >= 0.3 is 6.61 Å². The van der Waals surface area contributed by atoms with Crippen LogP contribution in [0.15, 0.2) is 18.2 Å². The Bertz CT molecular complexity index is 467. The van der Waals surface area contributed by atoms with E-state index in [0.717, 1.165) is 5.56 Å². The van der Waals surface area contributed by atoms with Gasteiger partial charge in [0.2, 0.25) is 0 Å². The number of alkyl halides is 2. The second-order valence-corrected chi connectivity index (χ2v) is 5.44. The third-order valence-electron chi connectivity index (χ3n) is 3.50. The van der Waals surface area contributed by atoms with Gasteiger partial charge < -0.3 is 19.5 Å². The predicted molar refractivity (Wildman–Crippen MR) is 79.6 cm³/mol. The molecule has 1 aromatic rings. The van der Waals surface area contributed by atoms with E-state index in [0.29, 0.717) is 31.4 Å². The first-order valence-electron chi connectivity index (χ1n) is 7.56. The Hall–Kier alpha value is -1.40. The zero-order valence-electron chi connectivity index (χ0n) is 13.0. The third-order valence-corrected chi connectivity index (χ3v) is 3.50. The summed E-state index contributed by atoms with van der Waals surface area (Å²) in [6.07, 6.45) is 3.07. The van der Waals surface area contributed by atoms with Crippen LogP contribution in [-0.4, -0.2) is 33.0 Å². The quantitative estimate of drug-likeness (QED) is 0.671. The molecule has 0 bridgehead atoms.